The first-order chi connectivity index (χ1) is 18.1. The van der Waals surface area contributed by atoms with Crippen molar-refractivity contribution < 1.29 is 28.3 Å². The minimum absolute atomic E-state index is 0.120. The fourth-order valence-corrected chi connectivity index (χ4v) is 9.33. The number of hydrogen-bond donors (Lipinski definition) is 1. The summed E-state index contributed by atoms with van der Waals surface area (Å²) in [5.74, 6) is 0.0649. The molecule has 204 valence electrons. The maximum Gasteiger partial charge on any atom is 0.264 e. The molecule has 3 aliphatic rings. The summed E-state index contributed by atoms with van der Waals surface area (Å²) in [4.78, 5) is 30.4. The van der Waals surface area contributed by atoms with Crippen LogP contribution in [0, 0.1) is 5.92 Å². The number of halogens is 1. The molecular weight excluding hydrogens is 503 g/mol. The zero-order valence-electron chi connectivity index (χ0n) is 22.6. The normalized spacial score (nSPS) is 27.4. The van der Waals surface area contributed by atoms with Gasteiger partial charge in [0.25, 0.3) is 5.91 Å². The highest BCUT2D eigenvalue weighted by atomic mass is 28.4. The third-order valence-corrected chi connectivity index (χ3v) is 10.9. The van der Waals surface area contributed by atoms with Gasteiger partial charge in [-0.1, -0.05) is 19.1 Å². The monoisotopic (exact) mass is 540 g/mol. The molecule has 4 atom stereocenters. The number of benzene rings is 2. The molecule has 0 saturated carbocycles. The largest absolute Gasteiger partial charge is 0.497 e. The van der Waals surface area contributed by atoms with Gasteiger partial charge in [-0.25, -0.2) is 0 Å². The highest BCUT2D eigenvalue weighted by Gasteiger charge is 2.66. The van der Waals surface area contributed by atoms with E-state index in [0.29, 0.717) is 30.0 Å². The number of nitrogens with zero attached hydrogens (tertiary/aromatic N) is 2. The van der Waals surface area contributed by atoms with Crippen molar-refractivity contribution in [2.24, 2.45) is 5.92 Å². The first kappa shape index (κ1) is 26.8. The smallest absolute Gasteiger partial charge is 0.264 e. The zero-order chi connectivity index (χ0) is 27.2. The lowest BCUT2D eigenvalue weighted by Crippen LogP contribution is -2.45. The van der Waals surface area contributed by atoms with E-state index < -0.39 is 31.6 Å². The number of carbonyl (C=O) groups excluding carboxylic acids is 2. The zero-order valence-corrected chi connectivity index (χ0v) is 23.6. The number of aliphatic hydroxyl groups excluding tert-OH is 1. The van der Waals surface area contributed by atoms with Crippen molar-refractivity contribution in [2.45, 2.75) is 69.5 Å². The van der Waals surface area contributed by atoms with Crippen LogP contribution in [0.5, 0.6) is 5.75 Å². The Kier molecular flexibility index (Phi) is 7.13. The minimum atomic E-state index is -3.26. The van der Waals surface area contributed by atoms with Gasteiger partial charge in [0.2, 0.25) is 14.3 Å². The van der Waals surface area contributed by atoms with E-state index in [1.165, 1.54) is 0 Å². The number of anilines is 2. The van der Waals surface area contributed by atoms with Crippen LogP contribution in [-0.2, 0) is 26.5 Å². The molecule has 0 aromatic heterocycles. The van der Waals surface area contributed by atoms with Gasteiger partial charge < -0.3 is 28.5 Å². The summed E-state index contributed by atoms with van der Waals surface area (Å²) in [6.07, 6.45) is 2.15. The molecule has 2 fully saturated rings. The molecule has 3 heterocycles. The van der Waals surface area contributed by atoms with Gasteiger partial charge in [0.1, 0.15) is 5.75 Å². The van der Waals surface area contributed by atoms with Crippen molar-refractivity contribution in [3.05, 3.63) is 53.6 Å². The molecule has 0 unspecified atom stereocenters. The molecule has 0 aliphatic carbocycles. The number of hydrogen-bond acceptors (Lipinski definition) is 5. The number of rotatable bonds is 7. The molecule has 3 aliphatic heterocycles. The number of aliphatic hydroxyl groups is 1. The topological polar surface area (TPSA) is 79.3 Å². The molecule has 1 N–H and O–H groups in total. The van der Waals surface area contributed by atoms with Gasteiger partial charge in [0.05, 0.1) is 25.4 Å². The quantitative estimate of drug-likeness (QED) is 0.399. The molecule has 1 spiro atoms. The Bertz CT molecular complexity index is 1230. The molecule has 0 radical (unpaired) electrons. The Morgan fingerprint density at radius 1 is 1.18 bits per heavy atom. The van der Waals surface area contributed by atoms with Gasteiger partial charge in [-0.05, 0) is 68.3 Å². The van der Waals surface area contributed by atoms with E-state index in [1.54, 1.807) is 25.1 Å². The fourth-order valence-electron chi connectivity index (χ4n) is 6.79. The molecule has 0 bridgehead atoms. The predicted molar refractivity (Wildman–Crippen MR) is 147 cm³/mol. The highest BCUT2D eigenvalue weighted by Crippen LogP contribution is 2.60. The maximum atomic E-state index is 15.7. The molecular formula is C29H37FN2O5Si. The van der Waals surface area contributed by atoms with Crippen molar-refractivity contribution >= 4 is 31.6 Å². The maximum absolute atomic E-state index is 15.7. The van der Waals surface area contributed by atoms with Crippen molar-refractivity contribution in [3.8, 4) is 5.75 Å². The number of ether oxygens (including phenoxy) is 2. The molecule has 38 heavy (non-hydrogen) atoms. The van der Waals surface area contributed by atoms with E-state index in [-0.39, 0.29) is 31.4 Å². The second-order valence-electron chi connectivity index (χ2n) is 11.2. The van der Waals surface area contributed by atoms with E-state index in [2.05, 4.69) is 0 Å². The summed E-state index contributed by atoms with van der Waals surface area (Å²) < 4.78 is 27.8. The van der Waals surface area contributed by atoms with Crippen LogP contribution in [0.1, 0.15) is 43.7 Å². The third kappa shape index (κ3) is 4.34. The average Bonchev–Trinajstić information content (AvgIpc) is 3.31. The number of amides is 2. The Hall–Kier alpha value is -2.75. The average molecular weight is 541 g/mol. The van der Waals surface area contributed by atoms with Gasteiger partial charge in [-0.3, -0.25) is 9.59 Å². The second-order valence-corrected chi connectivity index (χ2v) is 15.0. The van der Waals surface area contributed by atoms with Gasteiger partial charge >= 0.3 is 0 Å². The number of fused-ring (bicyclic) bond motifs is 2. The number of carbonyl (C=O) groups is 2. The molecule has 2 aromatic carbocycles. The lowest BCUT2D eigenvalue weighted by molar-refractivity contribution is -0.146. The summed E-state index contributed by atoms with van der Waals surface area (Å²) in [5, 5.41) is 9.74. The van der Waals surface area contributed by atoms with Crippen LogP contribution in [0.4, 0.5) is 15.5 Å². The van der Waals surface area contributed by atoms with Crippen molar-refractivity contribution in [3.63, 3.8) is 0 Å². The van der Waals surface area contributed by atoms with Crippen LogP contribution in [0.15, 0.2) is 42.5 Å². The second kappa shape index (κ2) is 10.1. The predicted octanol–water partition coefficient (Wildman–Crippen LogP) is 4.92. The van der Waals surface area contributed by atoms with E-state index in [0.717, 1.165) is 24.1 Å². The molecule has 2 aromatic rings. The van der Waals surface area contributed by atoms with Gasteiger partial charge in [-0.2, -0.15) is 0 Å². The van der Waals surface area contributed by atoms with E-state index >= 15 is 4.11 Å². The standard InChI is InChI=1S/C29H37FN2O5Si/c1-19-27(38(3,4)30)25(13-15-33)37-29(19)23-17-22(36-2)11-12-24(23)32(28(29)35)18-20-8-7-9-21(16-20)31-14-6-5-10-26(31)34/h7-9,11-12,16-17,19,25,27,33H,5-6,10,13-15,18H2,1-4H3/t19-,25+,27-,29+/m1/s1. The lowest BCUT2D eigenvalue weighted by Gasteiger charge is -2.31. The van der Waals surface area contributed by atoms with Gasteiger partial charge in [-0.15, -0.1) is 0 Å². The Labute approximate surface area is 224 Å². The lowest BCUT2D eigenvalue weighted by atomic mass is 9.82. The van der Waals surface area contributed by atoms with Crippen molar-refractivity contribution in [1.82, 2.24) is 0 Å². The van der Waals surface area contributed by atoms with Crippen LogP contribution in [-0.4, -0.2) is 51.7 Å². The summed E-state index contributed by atoms with van der Waals surface area (Å²) in [6.45, 7) is 6.05. The van der Waals surface area contributed by atoms with Crippen LogP contribution >= 0.6 is 0 Å². The molecule has 9 heteroatoms. The van der Waals surface area contributed by atoms with Gasteiger partial charge in [0, 0.05) is 42.3 Å². The summed E-state index contributed by atoms with van der Waals surface area (Å²) >= 11 is 0. The SMILES string of the molecule is COc1ccc2c(c1)[C@]1(O[C@@H](CCO)[C@H]([Si](C)(C)F)[C@H]1C)C(=O)N2Cc1cccc(N2CCCCC2=O)c1. The van der Waals surface area contributed by atoms with E-state index in [1.807, 2.05) is 54.3 Å². The van der Waals surface area contributed by atoms with Crippen LogP contribution in [0.3, 0.4) is 0 Å². The fraction of sp³-hybridized carbons (Fsp3) is 0.517. The first-order valence-electron chi connectivity index (χ1n) is 13.5. The summed E-state index contributed by atoms with van der Waals surface area (Å²) in [6, 6.07) is 13.3. The van der Waals surface area contributed by atoms with E-state index in [4.69, 9.17) is 9.47 Å². The molecule has 2 amide bonds. The van der Waals surface area contributed by atoms with Crippen LogP contribution < -0.4 is 14.5 Å². The molecule has 5 rings (SSSR count). The van der Waals surface area contributed by atoms with Crippen molar-refractivity contribution in [1.29, 1.82) is 0 Å². The van der Waals surface area contributed by atoms with Crippen molar-refractivity contribution in [2.75, 3.05) is 30.1 Å². The summed E-state index contributed by atoms with van der Waals surface area (Å²) in [5.41, 5.74) is 1.31. The third-order valence-electron chi connectivity index (χ3n) is 8.47. The number of methoxy groups -OCH3 is 1. The Morgan fingerprint density at radius 2 is 1.97 bits per heavy atom. The number of piperidine rings is 1. The highest BCUT2D eigenvalue weighted by molar-refractivity contribution is 6.72. The summed E-state index contributed by atoms with van der Waals surface area (Å²) in [7, 11) is -1.69. The van der Waals surface area contributed by atoms with Gasteiger partial charge in [0.15, 0.2) is 5.60 Å². The minimum Gasteiger partial charge on any atom is -0.497 e. The molecule has 7 nitrogen and oxygen atoms in total. The van der Waals surface area contributed by atoms with Crippen LogP contribution in [0.2, 0.25) is 18.6 Å². The Morgan fingerprint density at radius 3 is 2.66 bits per heavy atom. The Balaban J connectivity index is 1.55. The van der Waals surface area contributed by atoms with Crippen LogP contribution in [0.25, 0.3) is 0 Å². The van der Waals surface area contributed by atoms with E-state index in [9.17, 15) is 14.7 Å². The first-order valence-corrected chi connectivity index (χ1v) is 16.4. The molecule has 2 saturated heterocycles.